The summed E-state index contributed by atoms with van der Waals surface area (Å²) in [4.78, 5) is 0. The molecule has 0 nitrogen and oxygen atoms in total. The SMILES string of the molecule is [CH+]=CC12CC3CC(CC(C3)C1)C2. The lowest BCUT2D eigenvalue weighted by Gasteiger charge is -2.54. The van der Waals surface area contributed by atoms with Crippen molar-refractivity contribution < 1.29 is 0 Å². The van der Waals surface area contributed by atoms with E-state index in [1.807, 2.05) is 6.08 Å². The van der Waals surface area contributed by atoms with E-state index in [1.54, 1.807) is 0 Å². The van der Waals surface area contributed by atoms with Gasteiger partial charge in [-0.1, -0.05) is 0 Å². The van der Waals surface area contributed by atoms with Gasteiger partial charge in [0.25, 0.3) is 0 Å². The number of hydrogen-bond acceptors (Lipinski definition) is 0. The molecule has 64 valence electrons. The Labute approximate surface area is 75.0 Å². The maximum absolute atomic E-state index is 5.80. The summed E-state index contributed by atoms with van der Waals surface area (Å²) < 4.78 is 0. The van der Waals surface area contributed by atoms with Crippen LogP contribution in [0.2, 0.25) is 0 Å². The molecular formula is C12H17+. The largest absolute Gasteiger partial charge is 0.202 e. The van der Waals surface area contributed by atoms with E-state index in [9.17, 15) is 0 Å². The minimum atomic E-state index is 0.495. The highest BCUT2D eigenvalue weighted by Gasteiger charge is 2.51. The number of hydrogen-bond donors (Lipinski definition) is 0. The first-order chi connectivity index (χ1) is 5.80. The minimum absolute atomic E-state index is 0.495. The van der Waals surface area contributed by atoms with Crippen molar-refractivity contribution in [1.29, 1.82) is 0 Å². The molecule has 0 unspecified atom stereocenters. The Bertz CT molecular complexity index is 179. The molecular weight excluding hydrogens is 144 g/mol. The van der Waals surface area contributed by atoms with Crippen molar-refractivity contribution in [3.05, 3.63) is 12.7 Å². The highest BCUT2D eigenvalue weighted by molar-refractivity contribution is 5.07. The third-order valence-corrected chi connectivity index (χ3v) is 4.44. The van der Waals surface area contributed by atoms with Gasteiger partial charge in [0.05, 0.1) is 0 Å². The predicted octanol–water partition coefficient (Wildman–Crippen LogP) is 3.19. The van der Waals surface area contributed by atoms with Crippen LogP contribution in [0.3, 0.4) is 0 Å². The maximum atomic E-state index is 5.80. The molecule has 12 heavy (non-hydrogen) atoms. The fraction of sp³-hybridized carbons (Fsp3) is 0.833. The van der Waals surface area contributed by atoms with E-state index in [2.05, 4.69) is 0 Å². The van der Waals surface area contributed by atoms with Gasteiger partial charge in [0, 0.05) is 5.41 Å². The Morgan fingerprint density at radius 3 is 1.67 bits per heavy atom. The predicted molar refractivity (Wildman–Crippen MR) is 49.5 cm³/mol. The minimum Gasteiger partial charge on any atom is -0.0475 e. The lowest BCUT2D eigenvalue weighted by Crippen LogP contribution is -2.44. The van der Waals surface area contributed by atoms with E-state index in [4.69, 9.17) is 6.58 Å². The lowest BCUT2D eigenvalue weighted by molar-refractivity contribution is -0.0237. The van der Waals surface area contributed by atoms with Crippen LogP contribution in [0.4, 0.5) is 0 Å². The molecule has 4 saturated carbocycles. The Hall–Kier alpha value is -0.350. The van der Waals surface area contributed by atoms with E-state index < -0.39 is 0 Å². The molecule has 4 fully saturated rings. The van der Waals surface area contributed by atoms with Gasteiger partial charge in [0.2, 0.25) is 6.58 Å². The van der Waals surface area contributed by atoms with E-state index in [-0.39, 0.29) is 0 Å². The van der Waals surface area contributed by atoms with Gasteiger partial charge in [0.15, 0.2) is 6.08 Å². The molecule has 0 radical (unpaired) electrons. The van der Waals surface area contributed by atoms with E-state index in [0.717, 1.165) is 17.8 Å². The summed E-state index contributed by atoms with van der Waals surface area (Å²) in [5, 5.41) is 0. The second-order valence-corrected chi connectivity index (χ2v) is 5.45. The van der Waals surface area contributed by atoms with E-state index in [0.29, 0.717) is 5.41 Å². The average Bonchev–Trinajstić information content (AvgIpc) is 2.02. The Balaban J connectivity index is 1.95. The molecule has 4 aliphatic rings. The van der Waals surface area contributed by atoms with Crippen LogP contribution >= 0.6 is 0 Å². The molecule has 0 aliphatic heterocycles. The second-order valence-electron chi connectivity index (χ2n) is 5.45. The Kier molecular flexibility index (Phi) is 1.25. The summed E-state index contributed by atoms with van der Waals surface area (Å²) in [5.74, 6) is 3.11. The van der Waals surface area contributed by atoms with Gasteiger partial charge in [-0.25, -0.2) is 0 Å². The Morgan fingerprint density at radius 1 is 0.917 bits per heavy atom. The van der Waals surface area contributed by atoms with Crippen molar-refractivity contribution in [2.24, 2.45) is 23.2 Å². The van der Waals surface area contributed by atoms with Gasteiger partial charge in [0.1, 0.15) is 0 Å². The van der Waals surface area contributed by atoms with Crippen molar-refractivity contribution in [3.8, 4) is 0 Å². The summed E-state index contributed by atoms with van der Waals surface area (Å²) in [5.41, 5.74) is 0.495. The number of rotatable bonds is 1. The molecule has 0 spiro atoms. The highest BCUT2D eigenvalue weighted by atomic mass is 14.5. The molecule has 0 N–H and O–H groups in total. The van der Waals surface area contributed by atoms with Crippen LogP contribution in [-0.2, 0) is 0 Å². The van der Waals surface area contributed by atoms with Gasteiger partial charge in [-0.2, -0.15) is 0 Å². The van der Waals surface area contributed by atoms with Gasteiger partial charge >= 0.3 is 0 Å². The summed E-state index contributed by atoms with van der Waals surface area (Å²) >= 11 is 0. The molecule has 0 amide bonds. The summed E-state index contributed by atoms with van der Waals surface area (Å²) in [7, 11) is 0. The van der Waals surface area contributed by atoms with Gasteiger partial charge < -0.3 is 0 Å². The molecule has 0 heterocycles. The first-order valence-electron chi connectivity index (χ1n) is 5.36. The molecule has 0 aromatic carbocycles. The fourth-order valence-electron chi connectivity index (χ4n) is 4.38. The lowest BCUT2D eigenvalue weighted by atomic mass is 9.50. The topological polar surface area (TPSA) is 0 Å². The third-order valence-electron chi connectivity index (χ3n) is 4.44. The monoisotopic (exact) mass is 161 g/mol. The van der Waals surface area contributed by atoms with E-state index >= 15 is 0 Å². The zero-order valence-electron chi connectivity index (χ0n) is 7.63. The van der Waals surface area contributed by atoms with Crippen LogP contribution in [0.25, 0.3) is 0 Å². The summed E-state index contributed by atoms with van der Waals surface area (Å²) in [6, 6.07) is 0. The molecule has 0 saturated heterocycles. The van der Waals surface area contributed by atoms with Crippen LogP contribution < -0.4 is 0 Å². The van der Waals surface area contributed by atoms with Crippen LogP contribution in [0.15, 0.2) is 6.08 Å². The maximum Gasteiger partial charge on any atom is 0.202 e. The summed E-state index contributed by atoms with van der Waals surface area (Å²) in [6.07, 6.45) is 10.8. The molecule has 4 aliphatic carbocycles. The van der Waals surface area contributed by atoms with Gasteiger partial charge in [-0.05, 0) is 56.3 Å². The zero-order chi connectivity index (χ0) is 8.18. The van der Waals surface area contributed by atoms with Crippen molar-refractivity contribution in [2.45, 2.75) is 38.5 Å². The van der Waals surface area contributed by atoms with Crippen molar-refractivity contribution >= 4 is 0 Å². The van der Waals surface area contributed by atoms with Crippen LogP contribution in [0.5, 0.6) is 0 Å². The Morgan fingerprint density at radius 2 is 1.33 bits per heavy atom. The molecule has 0 atom stereocenters. The van der Waals surface area contributed by atoms with Crippen molar-refractivity contribution in [3.63, 3.8) is 0 Å². The van der Waals surface area contributed by atoms with Crippen molar-refractivity contribution in [2.75, 3.05) is 0 Å². The molecule has 4 rings (SSSR count). The number of allylic oxidation sites excluding steroid dienone is 1. The molecule has 0 heteroatoms. The molecule has 0 aromatic rings. The van der Waals surface area contributed by atoms with Crippen LogP contribution in [-0.4, -0.2) is 0 Å². The average molecular weight is 161 g/mol. The van der Waals surface area contributed by atoms with Gasteiger partial charge in [-0.3, -0.25) is 0 Å². The smallest absolute Gasteiger partial charge is 0.0475 e. The van der Waals surface area contributed by atoms with Crippen LogP contribution in [0.1, 0.15) is 38.5 Å². The standard InChI is InChI=1S/C12H17/c1-2-12-6-9-3-10(7-12)5-11(4-9)8-12/h1-2,9-11H,3-8H2/q+1. The third kappa shape index (κ3) is 0.821. The van der Waals surface area contributed by atoms with Gasteiger partial charge in [-0.15, -0.1) is 0 Å². The second kappa shape index (κ2) is 2.12. The first-order valence-corrected chi connectivity index (χ1v) is 5.36. The zero-order valence-corrected chi connectivity index (χ0v) is 7.63. The first kappa shape index (κ1) is 7.09. The van der Waals surface area contributed by atoms with Crippen LogP contribution in [0, 0.1) is 29.7 Å². The summed E-state index contributed by atoms with van der Waals surface area (Å²) in [6.45, 7) is 5.80. The quantitative estimate of drug-likeness (QED) is 0.518. The molecule has 4 bridgehead atoms. The fourth-order valence-corrected chi connectivity index (χ4v) is 4.38. The highest BCUT2D eigenvalue weighted by Crippen LogP contribution is 2.60. The molecule has 0 aromatic heterocycles. The van der Waals surface area contributed by atoms with Crippen molar-refractivity contribution in [1.82, 2.24) is 0 Å². The normalized spacial score (nSPS) is 55.8. The van der Waals surface area contributed by atoms with E-state index in [1.165, 1.54) is 38.5 Å².